The Balaban J connectivity index is 1.72. The van der Waals surface area contributed by atoms with Gasteiger partial charge in [0.25, 0.3) is 0 Å². The van der Waals surface area contributed by atoms with Crippen LogP contribution in [0.2, 0.25) is 0 Å². The first-order valence-corrected chi connectivity index (χ1v) is 6.99. The van der Waals surface area contributed by atoms with Crippen molar-refractivity contribution in [1.82, 2.24) is 15.1 Å². The van der Waals surface area contributed by atoms with Crippen LogP contribution in [0.1, 0.15) is 25.5 Å². The molecule has 1 fully saturated rings. The Morgan fingerprint density at radius 2 is 2.15 bits per heavy atom. The first-order chi connectivity index (χ1) is 9.70. The molecule has 1 aliphatic heterocycles. The molecule has 0 radical (unpaired) electrons. The number of aryl methyl sites for hydroxylation is 1. The van der Waals surface area contributed by atoms with E-state index in [1.807, 2.05) is 19.1 Å². The molecule has 6 heteroatoms. The van der Waals surface area contributed by atoms with Crippen LogP contribution in [0.3, 0.4) is 0 Å². The number of nitrogens with zero attached hydrogens (tertiary/aromatic N) is 4. The van der Waals surface area contributed by atoms with Gasteiger partial charge in [-0.15, -0.1) is 0 Å². The monoisotopic (exact) mass is 273 g/mol. The second kappa shape index (κ2) is 5.48. The van der Waals surface area contributed by atoms with Gasteiger partial charge >= 0.3 is 0 Å². The highest BCUT2D eigenvalue weighted by Crippen LogP contribution is 2.22. The second-order valence-corrected chi connectivity index (χ2v) is 5.36. The molecule has 1 saturated heterocycles. The van der Waals surface area contributed by atoms with Crippen LogP contribution >= 0.6 is 0 Å². The molecular weight excluding hydrogens is 254 g/mol. The third-order valence-corrected chi connectivity index (χ3v) is 3.62. The van der Waals surface area contributed by atoms with Crippen molar-refractivity contribution in [2.75, 3.05) is 23.3 Å². The number of anilines is 3. The molecule has 0 aromatic carbocycles. The Kier molecular flexibility index (Phi) is 3.54. The van der Waals surface area contributed by atoms with Crippen molar-refractivity contribution in [3.05, 3.63) is 24.1 Å². The highest BCUT2D eigenvalue weighted by atomic mass is 16.5. The molecule has 20 heavy (non-hydrogen) atoms. The predicted molar refractivity (Wildman–Crippen MR) is 77.2 cm³/mol. The van der Waals surface area contributed by atoms with Crippen LogP contribution in [-0.4, -0.2) is 28.2 Å². The van der Waals surface area contributed by atoms with Crippen molar-refractivity contribution in [2.45, 2.75) is 26.7 Å². The predicted octanol–water partition coefficient (Wildman–Crippen LogP) is 2.75. The molecule has 106 valence electrons. The molecule has 0 amide bonds. The maximum atomic E-state index is 5.02. The van der Waals surface area contributed by atoms with Gasteiger partial charge in [-0.3, -0.25) is 0 Å². The van der Waals surface area contributed by atoms with Crippen LogP contribution in [0.4, 0.5) is 17.6 Å². The van der Waals surface area contributed by atoms with E-state index >= 15 is 0 Å². The maximum absolute atomic E-state index is 5.02. The fraction of sp³-hybridized carbons (Fsp3) is 0.500. The topological polar surface area (TPSA) is 67.1 Å². The summed E-state index contributed by atoms with van der Waals surface area (Å²) in [5, 5.41) is 6.94. The Morgan fingerprint density at radius 1 is 1.35 bits per heavy atom. The van der Waals surface area contributed by atoms with Crippen LogP contribution in [0.15, 0.2) is 22.9 Å². The minimum atomic E-state index is 0.550. The zero-order valence-corrected chi connectivity index (χ0v) is 11.8. The van der Waals surface area contributed by atoms with E-state index in [2.05, 4.69) is 32.3 Å². The molecule has 0 saturated carbocycles. The van der Waals surface area contributed by atoms with Crippen LogP contribution in [-0.2, 0) is 0 Å². The fourth-order valence-corrected chi connectivity index (χ4v) is 2.36. The quantitative estimate of drug-likeness (QED) is 0.927. The summed E-state index contributed by atoms with van der Waals surface area (Å²) in [7, 11) is 0. The third-order valence-electron chi connectivity index (χ3n) is 3.62. The first kappa shape index (κ1) is 12.9. The average molecular weight is 273 g/mol. The molecule has 3 rings (SSSR count). The van der Waals surface area contributed by atoms with E-state index in [0.29, 0.717) is 11.8 Å². The van der Waals surface area contributed by atoms with Crippen molar-refractivity contribution in [2.24, 2.45) is 5.92 Å². The lowest BCUT2D eigenvalue weighted by molar-refractivity contribution is 0.400. The summed E-state index contributed by atoms with van der Waals surface area (Å²) in [5.74, 6) is 3.72. The fourth-order valence-electron chi connectivity index (χ4n) is 2.36. The molecule has 2 aromatic rings. The summed E-state index contributed by atoms with van der Waals surface area (Å²) in [4.78, 5) is 11.1. The van der Waals surface area contributed by atoms with E-state index in [4.69, 9.17) is 4.52 Å². The second-order valence-electron chi connectivity index (χ2n) is 5.36. The Hall–Kier alpha value is -2.11. The van der Waals surface area contributed by atoms with Crippen molar-refractivity contribution in [1.29, 1.82) is 0 Å². The summed E-state index contributed by atoms with van der Waals surface area (Å²) < 4.78 is 5.02. The largest absolute Gasteiger partial charge is 0.360 e. The smallest absolute Gasteiger partial charge is 0.230 e. The van der Waals surface area contributed by atoms with Gasteiger partial charge in [0.2, 0.25) is 5.95 Å². The molecule has 1 N–H and O–H groups in total. The summed E-state index contributed by atoms with van der Waals surface area (Å²) in [6.45, 7) is 6.27. The minimum absolute atomic E-state index is 0.550. The molecule has 1 aliphatic rings. The van der Waals surface area contributed by atoms with E-state index in [-0.39, 0.29) is 0 Å². The van der Waals surface area contributed by atoms with Crippen molar-refractivity contribution < 1.29 is 4.52 Å². The minimum Gasteiger partial charge on any atom is -0.360 e. The van der Waals surface area contributed by atoms with Crippen LogP contribution in [0.5, 0.6) is 0 Å². The summed E-state index contributed by atoms with van der Waals surface area (Å²) >= 11 is 0. The zero-order valence-electron chi connectivity index (χ0n) is 11.8. The average Bonchev–Trinajstić information content (AvgIpc) is 2.85. The molecule has 6 nitrogen and oxygen atoms in total. The Labute approximate surface area is 118 Å². The van der Waals surface area contributed by atoms with Gasteiger partial charge in [0.15, 0.2) is 5.82 Å². The molecule has 0 bridgehead atoms. The normalized spacial score (nSPS) is 16.4. The molecule has 2 aromatic heterocycles. The molecule has 0 unspecified atom stereocenters. The van der Waals surface area contributed by atoms with Gasteiger partial charge in [0.1, 0.15) is 11.6 Å². The number of nitrogens with one attached hydrogen (secondary N) is 1. The summed E-state index contributed by atoms with van der Waals surface area (Å²) in [6.07, 6.45) is 4.21. The summed E-state index contributed by atoms with van der Waals surface area (Å²) in [5.41, 5.74) is 0. The van der Waals surface area contributed by atoms with Crippen LogP contribution < -0.4 is 10.2 Å². The van der Waals surface area contributed by atoms with Gasteiger partial charge in [-0.05, 0) is 31.7 Å². The van der Waals surface area contributed by atoms with Crippen molar-refractivity contribution in [3.63, 3.8) is 0 Å². The third kappa shape index (κ3) is 2.89. The molecule has 0 aliphatic carbocycles. The van der Waals surface area contributed by atoms with Gasteiger partial charge in [-0.1, -0.05) is 12.1 Å². The van der Waals surface area contributed by atoms with Crippen LogP contribution in [0, 0.1) is 12.8 Å². The Morgan fingerprint density at radius 3 is 2.85 bits per heavy atom. The molecule has 3 heterocycles. The zero-order chi connectivity index (χ0) is 13.9. The molecule has 0 spiro atoms. The molecule has 0 atom stereocenters. The number of rotatable bonds is 3. The lowest BCUT2D eigenvalue weighted by Crippen LogP contribution is -2.33. The first-order valence-electron chi connectivity index (χ1n) is 6.99. The van der Waals surface area contributed by atoms with Gasteiger partial charge in [0, 0.05) is 25.4 Å². The van der Waals surface area contributed by atoms with Gasteiger partial charge < -0.3 is 14.7 Å². The number of aromatic nitrogens is 3. The van der Waals surface area contributed by atoms with E-state index in [9.17, 15) is 0 Å². The lowest BCUT2D eigenvalue weighted by atomic mass is 9.99. The van der Waals surface area contributed by atoms with E-state index < -0.39 is 0 Å². The van der Waals surface area contributed by atoms with Crippen LogP contribution in [0.25, 0.3) is 0 Å². The van der Waals surface area contributed by atoms with Crippen molar-refractivity contribution in [3.8, 4) is 0 Å². The lowest BCUT2D eigenvalue weighted by Gasteiger charge is -2.31. The van der Waals surface area contributed by atoms with Gasteiger partial charge in [0.05, 0.1) is 0 Å². The number of hydrogen-bond acceptors (Lipinski definition) is 6. The highest BCUT2D eigenvalue weighted by molar-refractivity contribution is 5.50. The van der Waals surface area contributed by atoms with Crippen molar-refractivity contribution >= 4 is 17.6 Å². The van der Waals surface area contributed by atoms with E-state index in [1.54, 1.807) is 6.20 Å². The summed E-state index contributed by atoms with van der Waals surface area (Å²) in [6, 6.07) is 3.77. The highest BCUT2D eigenvalue weighted by Gasteiger charge is 2.17. The number of hydrogen-bond donors (Lipinski definition) is 1. The van der Waals surface area contributed by atoms with E-state index in [1.165, 1.54) is 12.8 Å². The standard InChI is InChI=1S/C14H19N5O/c1-10-4-7-19(8-5-10)13-3-6-15-14(17-13)16-12-9-11(2)20-18-12/h3,6,9-10H,4-5,7-8H2,1-2H3,(H,15,16,17,18). The molecular formula is C14H19N5O. The SMILES string of the molecule is Cc1cc(Nc2nccc(N3CCC(C)CC3)n2)no1. The van der Waals surface area contributed by atoms with Gasteiger partial charge in [-0.2, -0.15) is 4.98 Å². The number of piperidine rings is 1. The maximum Gasteiger partial charge on any atom is 0.230 e. The Bertz CT molecular complexity index is 574. The van der Waals surface area contributed by atoms with Gasteiger partial charge in [-0.25, -0.2) is 4.98 Å². The van der Waals surface area contributed by atoms with E-state index in [0.717, 1.165) is 30.6 Å².